The molecule has 1 N–H and O–H groups in total. The second kappa shape index (κ2) is 5.92. The van der Waals surface area contributed by atoms with Gasteiger partial charge in [0, 0.05) is 31.6 Å². The van der Waals surface area contributed by atoms with Gasteiger partial charge in [-0.2, -0.15) is 0 Å². The number of aryl methyl sites for hydroxylation is 1. The highest BCUT2D eigenvalue weighted by Gasteiger charge is 2.07. The molecule has 3 aromatic rings. The molecule has 3 rings (SSSR count). The number of fused-ring (bicyclic) bond motifs is 1. The van der Waals surface area contributed by atoms with E-state index in [0.717, 1.165) is 37.4 Å². The molecule has 0 aliphatic heterocycles. The van der Waals surface area contributed by atoms with Crippen molar-refractivity contribution in [3.8, 4) is 0 Å². The van der Waals surface area contributed by atoms with E-state index in [2.05, 4.69) is 40.0 Å². The van der Waals surface area contributed by atoms with Gasteiger partial charge in [0.1, 0.15) is 5.82 Å². The molecule has 0 atom stereocenters. The minimum absolute atomic E-state index is 0.838. The molecular weight excluding hydrogens is 250 g/mol. The molecule has 0 amide bonds. The average molecular weight is 269 g/mol. The second-order valence-electron chi connectivity index (χ2n) is 4.83. The van der Waals surface area contributed by atoms with Crippen LogP contribution >= 0.6 is 0 Å². The molecule has 4 heteroatoms. The van der Waals surface area contributed by atoms with Crippen molar-refractivity contribution in [2.24, 2.45) is 0 Å². The normalized spacial score (nSPS) is 11.2. The molecule has 0 radical (unpaired) electrons. The van der Waals surface area contributed by atoms with Crippen LogP contribution in [0.3, 0.4) is 0 Å². The SMILES string of the molecule is CCc1nc2ccccc2n1CCNCc1ccoc1. The number of para-hydroxylation sites is 2. The third kappa shape index (κ3) is 2.60. The van der Waals surface area contributed by atoms with Crippen LogP contribution in [0.15, 0.2) is 47.3 Å². The van der Waals surface area contributed by atoms with E-state index >= 15 is 0 Å². The summed E-state index contributed by atoms with van der Waals surface area (Å²) in [7, 11) is 0. The number of imidazole rings is 1. The predicted molar refractivity (Wildman–Crippen MR) is 79.5 cm³/mol. The molecule has 0 spiro atoms. The molecule has 0 aliphatic rings. The van der Waals surface area contributed by atoms with Crippen LogP contribution in [0.25, 0.3) is 11.0 Å². The van der Waals surface area contributed by atoms with Crippen LogP contribution in [0.4, 0.5) is 0 Å². The number of nitrogens with zero attached hydrogens (tertiary/aromatic N) is 2. The minimum Gasteiger partial charge on any atom is -0.472 e. The zero-order valence-electron chi connectivity index (χ0n) is 11.7. The van der Waals surface area contributed by atoms with E-state index in [0.29, 0.717) is 0 Å². The van der Waals surface area contributed by atoms with Crippen LogP contribution in [0.5, 0.6) is 0 Å². The summed E-state index contributed by atoms with van der Waals surface area (Å²) in [5, 5.41) is 3.43. The summed E-state index contributed by atoms with van der Waals surface area (Å²) >= 11 is 0. The third-order valence-electron chi connectivity index (χ3n) is 3.47. The molecule has 20 heavy (non-hydrogen) atoms. The zero-order chi connectivity index (χ0) is 13.8. The molecule has 4 nitrogen and oxygen atoms in total. The lowest BCUT2D eigenvalue weighted by Gasteiger charge is -2.08. The van der Waals surface area contributed by atoms with Crippen molar-refractivity contribution in [1.29, 1.82) is 0 Å². The lowest BCUT2D eigenvalue weighted by atomic mass is 10.3. The predicted octanol–water partition coefficient (Wildman–Crippen LogP) is 2.98. The van der Waals surface area contributed by atoms with Gasteiger partial charge in [0.2, 0.25) is 0 Å². The summed E-state index contributed by atoms with van der Waals surface area (Å²) in [5.74, 6) is 1.15. The standard InChI is InChI=1S/C16H19N3O/c1-2-16-18-14-5-3-4-6-15(14)19(16)9-8-17-11-13-7-10-20-12-13/h3-7,10,12,17H,2,8-9,11H2,1H3. The van der Waals surface area contributed by atoms with Crippen LogP contribution < -0.4 is 5.32 Å². The van der Waals surface area contributed by atoms with Crippen molar-refractivity contribution < 1.29 is 4.42 Å². The quantitative estimate of drug-likeness (QED) is 0.700. The molecular formula is C16H19N3O. The molecule has 0 fully saturated rings. The van der Waals surface area contributed by atoms with Gasteiger partial charge in [0.25, 0.3) is 0 Å². The fraction of sp³-hybridized carbons (Fsp3) is 0.312. The van der Waals surface area contributed by atoms with E-state index in [9.17, 15) is 0 Å². The molecule has 0 bridgehead atoms. The fourth-order valence-corrected chi connectivity index (χ4v) is 2.46. The van der Waals surface area contributed by atoms with Crippen LogP contribution in [-0.4, -0.2) is 16.1 Å². The summed E-state index contributed by atoms with van der Waals surface area (Å²) in [4.78, 5) is 4.68. The lowest BCUT2D eigenvalue weighted by molar-refractivity contribution is 0.555. The third-order valence-corrected chi connectivity index (χ3v) is 3.47. The Balaban J connectivity index is 1.67. The lowest BCUT2D eigenvalue weighted by Crippen LogP contribution is -2.20. The van der Waals surface area contributed by atoms with E-state index in [1.165, 1.54) is 11.1 Å². The molecule has 0 saturated carbocycles. The first-order valence-corrected chi connectivity index (χ1v) is 7.04. The summed E-state index contributed by atoms with van der Waals surface area (Å²) in [5.41, 5.74) is 3.48. The molecule has 2 heterocycles. The first-order valence-electron chi connectivity index (χ1n) is 7.04. The highest BCUT2D eigenvalue weighted by molar-refractivity contribution is 5.75. The van der Waals surface area contributed by atoms with Gasteiger partial charge in [-0.1, -0.05) is 19.1 Å². The molecule has 104 valence electrons. The molecule has 0 unspecified atom stereocenters. The Labute approximate surface area is 118 Å². The monoisotopic (exact) mass is 269 g/mol. The Morgan fingerprint density at radius 2 is 2.15 bits per heavy atom. The van der Waals surface area contributed by atoms with E-state index < -0.39 is 0 Å². The smallest absolute Gasteiger partial charge is 0.109 e. The Kier molecular flexibility index (Phi) is 3.83. The van der Waals surface area contributed by atoms with Gasteiger partial charge in [-0.25, -0.2) is 4.98 Å². The van der Waals surface area contributed by atoms with Gasteiger partial charge in [-0.15, -0.1) is 0 Å². The van der Waals surface area contributed by atoms with Crippen molar-refractivity contribution in [3.05, 3.63) is 54.2 Å². The van der Waals surface area contributed by atoms with E-state index in [1.807, 2.05) is 12.1 Å². The number of nitrogens with one attached hydrogen (secondary N) is 1. The Hall–Kier alpha value is -2.07. The minimum atomic E-state index is 0.838. The van der Waals surface area contributed by atoms with Gasteiger partial charge < -0.3 is 14.3 Å². The van der Waals surface area contributed by atoms with Crippen LogP contribution in [-0.2, 0) is 19.5 Å². The van der Waals surface area contributed by atoms with Gasteiger partial charge in [0.15, 0.2) is 0 Å². The summed E-state index contributed by atoms with van der Waals surface area (Å²) in [6, 6.07) is 10.3. The molecule has 0 saturated heterocycles. The van der Waals surface area contributed by atoms with Crippen LogP contribution in [0, 0.1) is 0 Å². The highest BCUT2D eigenvalue weighted by atomic mass is 16.3. The van der Waals surface area contributed by atoms with Gasteiger partial charge in [-0.05, 0) is 18.2 Å². The number of hydrogen-bond acceptors (Lipinski definition) is 3. The fourth-order valence-electron chi connectivity index (χ4n) is 2.46. The first kappa shape index (κ1) is 12.9. The Bertz CT molecular complexity index is 670. The van der Waals surface area contributed by atoms with Crippen molar-refractivity contribution in [2.75, 3.05) is 6.54 Å². The van der Waals surface area contributed by atoms with Crippen molar-refractivity contribution in [1.82, 2.24) is 14.9 Å². The summed E-state index contributed by atoms with van der Waals surface area (Å²) < 4.78 is 7.36. The van der Waals surface area contributed by atoms with Crippen LogP contribution in [0.1, 0.15) is 18.3 Å². The Morgan fingerprint density at radius 1 is 1.25 bits per heavy atom. The number of benzene rings is 1. The first-order chi connectivity index (χ1) is 9.88. The maximum Gasteiger partial charge on any atom is 0.109 e. The number of rotatable bonds is 6. The summed E-state index contributed by atoms with van der Waals surface area (Å²) in [6.07, 6.45) is 4.43. The highest BCUT2D eigenvalue weighted by Crippen LogP contribution is 2.16. The van der Waals surface area contributed by atoms with Gasteiger partial charge >= 0.3 is 0 Å². The summed E-state index contributed by atoms with van der Waals surface area (Å²) in [6.45, 7) is 4.83. The maximum absolute atomic E-state index is 5.06. The zero-order valence-corrected chi connectivity index (χ0v) is 11.7. The van der Waals surface area contributed by atoms with E-state index in [-0.39, 0.29) is 0 Å². The van der Waals surface area contributed by atoms with E-state index in [1.54, 1.807) is 12.5 Å². The van der Waals surface area contributed by atoms with Crippen LogP contribution in [0.2, 0.25) is 0 Å². The number of aromatic nitrogens is 2. The van der Waals surface area contributed by atoms with Gasteiger partial charge in [0.05, 0.1) is 23.6 Å². The topological polar surface area (TPSA) is 43.0 Å². The largest absolute Gasteiger partial charge is 0.472 e. The average Bonchev–Trinajstić information content (AvgIpc) is 3.11. The molecule has 0 aliphatic carbocycles. The second-order valence-corrected chi connectivity index (χ2v) is 4.83. The Morgan fingerprint density at radius 3 is 2.95 bits per heavy atom. The van der Waals surface area contributed by atoms with Crippen molar-refractivity contribution in [2.45, 2.75) is 26.4 Å². The molecule has 2 aromatic heterocycles. The molecule has 1 aromatic carbocycles. The number of furan rings is 1. The van der Waals surface area contributed by atoms with E-state index in [4.69, 9.17) is 4.42 Å². The maximum atomic E-state index is 5.06. The van der Waals surface area contributed by atoms with Crippen molar-refractivity contribution >= 4 is 11.0 Å². The van der Waals surface area contributed by atoms with Crippen molar-refractivity contribution in [3.63, 3.8) is 0 Å². The van der Waals surface area contributed by atoms with Gasteiger partial charge in [-0.3, -0.25) is 0 Å². The number of hydrogen-bond donors (Lipinski definition) is 1.